The molecule has 0 aliphatic carbocycles. The van der Waals surface area contributed by atoms with Gasteiger partial charge in [-0.3, -0.25) is 4.79 Å². The van der Waals surface area contributed by atoms with Crippen molar-refractivity contribution in [2.24, 2.45) is 0 Å². The van der Waals surface area contributed by atoms with E-state index < -0.39 is 11.6 Å². The van der Waals surface area contributed by atoms with Crippen molar-refractivity contribution in [1.82, 2.24) is 0 Å². The van der Waals surface area contributed by atoms with E-state index >= 15 is 0 Å². The summed E-state index contributed by atoms with van der Waals surface area (Å²) in [6, 6.07) is 1.55. The lowest BCUT2D eigenvalue weighted by molar-refractivity contribution is -0.105. The Morgan fingerprint density at radius 3 is 2.58 bits per heavy atom. The van der Waals surface area contributed by atoms with Crippen molar-refractivity contribution in [3.8, 4) is 0 Å². The zero-order chi connectivity index (χ0) is 9.14. The van der Waals surface area contributed by atoms with Crippen LogP contribution in [0.1, 0.15) is 0 Å². The topological polar surface area (TPSA) is 29.1 Å². The fraction of sp³-hybridized carbons (Fsp3) is 0. The molecule has 0 unspecified atom stereocenters. The highest BCUT2D eigenvalue weighted by Gasteiger charge is 2.08. The van der Waals surface area contributed by atoms with Gasteiger partial charge in [0.25, 0.3) is 0 Å². The normalized spacial score (nSPS) is 9.58. The van der Waals surface area contributed by atoms with Crippen LogP contribution in [0.4, 0.5) is 14.5 Å². The molecule has 0 spiro atoms. The third-order valence-corrected chi connectivity index (χ3v) is 1.51. The Hall–Kier alpha value is -1.16. The maximum atomic E-state index is 12.8. The minimum absolute atomic E-state index is 0.167. The largest absolute Gasteiger partial charge is 0.325 e. The number of carbonyl (C=O) groups excluding carboxylic acids is 1. The number of carbonyl (C=O) groups is 1. The van der Waals surface area contributed by atoms with E-state index in [-0.39, 0.29) is 17.1 Å². The van der Waals surface area contributed by atoms with E-state index in [0.29, 0.717) is 6.07 Å². The first-order valence-electron chi connectivity index (χ1n) is 3.00. The van der Waals surface area contributed by atoms with Crippen LogP contribution in [0.2, 0.25) is 5.02 Å². The zero-order valence-electron chi connectivity index (χ0n) is 5.77. The predicted molar refractivity (Wildman–Crippen MR) is 41.1 cm³/mol. The van der Waals surface area contributed by atoms with Gasteiger partial charge in [-0.1, -0.05) is 11.6 Å². The minimum Gasteiger partial charge on any atom is -0.325 e. The molecule has 12 heavy (non-hydrogen) atoms. The van der Waals surface area contributed by atoms with Crippen molar-refractivity contribution in [2.75, 3.05) is 5.32 Å². The molecule has 1 aromatic carbocycles. The van der Waals surface area contributed by atoms with Crippen LogP contribution in [0.25, 0.3) is 0 Å². The standard InChI is InChI=1S/C7H4ClF2NO/c8-5-1-4(9)2-6(10)7(5)11-3-12/h1-3H,(H,11,12). The van der Waals surface area contributed by atoms with Gasteiger partial charge in [0.2, 0.25) is 6.41 Å². The molecule has 0 fully saturated rings. The fourth-order valence-corrected chi connectivity index (χ4v) is 0.988. The predicted octanol–water partition coefficient (Wildman–Crippen LogP) is 2.19. The average Bonchev–Trinajstić information content (AvgIpc) is 1.96. The molecule has 0 aromatic heterocycles. The third-order valence-electron chi connectivity index (χ3n) is 1.21. The molecule has 0 aliphatic heterocycles. The van der Waals surface area contributed by atoms with Crippen molar-refractivity contribution in [3.63, 3.8) is 0 Å². The summed E-state index contributed by atoms with van der Waals surface area (Å²) >= 11 is 5.41. The van der Waals surface area contributed by atoms with Crippen molar-refractivity contribution >= 4 is 23.7 Å². The summed E-state index contributed by atoms with van der Waals surface area (Å²) in [7, 11) is 0. The Bertz CT molecular complexity index is 293. The SMILES string of the molecule is O=CNc1c(F)cc(F)cc1Cl. The Labute approximate surface area is 72.1 Å². The van der Waals surface area contributed by atoms with Crippen LogP contribution in [-0.2, 0) is 4.79 Å². The summed E-state index contributed by atoms with van der Waals surface area (Å²) in [4.78, 5) is 9.93. The summed E-state index contributed by atoms with van der Waals surface area (Å²) in [5.74, 6) is -1.68. The zero-order valence-corrected chi connectivity index (χ0v) is 6.53. The number of amides is 1. The molecule has 0 saturated carbocycles. The first-order valence-corrected chi connectivity index (χ1v) is 3.37. The van der Waals surface area contributed by atoms with Crippen LogP contribution in [0.15, 0.2) is 12.1 Å². The van der Waals surface area contributed by atoms with E-state index in [2.05, 4.69) is 0 Å². The summed E-state index contributed by atoms with van der Waals surface area (Å²) < 4.78 is 25.2. The summed E-state index contributed by atoms with van der Waals surface area (Å²) in [6.07, 6.45) is 0.266. The molecule has 2 nitrogen and oxygen atoms in total. The number of hydrogen-bond donors (Lipinski definition) is 1. The molecule has 64 valence electrons. The van der Waals surface area contributed by atoms with Crippen LogP contribution >= 0.6 is 11.6 Å². The molecule has 1 amide bonds. The van der Waals surface area contributed by atoms with E-state index in [1.54, 1.807) is 0 Å². The van der Waals surface area contributed by atoms with E-state index in [9.17, 15) is 13.6 Å². The number of hydrogen-bond acceptors (Lipinski definition) is 1. The monoisotopic (exact) mass is 191 g/mol. The van der Waals surface area contributed by atoms with E-state index in [4.69, 9.17) is 11.6 Å². The molecule has 0 radical (unpaired) electrons. The highest BCUT2D eigenvalue weighted by molar-refractivity contribution is 6.33. The first kappa shape index (κ1) is 8.93. The van der Waals surface area contributed by atoms with Gasteiger partial charge in [-0.25, -0.2) is 8.78 Å². The van der Waals surface area contributed by atoms with Crippen molar-refractivity contribution < 1.29 is 13.6 Å². The number of benzene rings is 1. The number of rotatable bonds is 2. The van der Waals surface area contributed by atoms with Gasteiger partial charge in [0.05, 0.1) is 10.7 Å². The molecule has 0 atom stereocenters. The molecule has 5 heteroatoms. The highest BCUT2D eigenvalue weighted by atomic mass is 35.5. The lowest BCUT2D eigenvalue weighted by atomic mass is 10.3. The second-order valence-corrected chi connectivity index (χ2v) is 2.41. The van der Waals surface area contributed by atoms with Gasteiger partial charge in [0, 0.05) is 6.07 Å². The van der Waals surface area contributed by atoms with Gasteiger partial charge in [-0.15, -0.1) is 0 Å². The van der Waals surface area contributed by atoms with Crippen LogP contribution < -0.4 is 5.32 Å². The number of halogens is 3. The first-order chi connectivity index (χ1) is 5.65. The molecule has 1 aromatic rings. The lowest BCUT2D eigenvalue weighted by Crippen LogP contribution is -1.98. The number of anilines is 1. The summed E-state index contributed by atoms with van der Waals surface area (Å²) in [5.41, 5.74) is -0.215. The molecule has 0 heterocycles. The van der Waals surface area contributed by atoms with Crippen molar-refractivity contribution in [3.05, 3.63) is 28.8 Å². The van der Waals surface area contributed by atoms with Gasteiger partial charge in [-0.05, 0) is 6.07 Å². The molecular weight excluding hydrogens is 188 g/mol. The van der Waals surface area contributed by atoms with Crippen molar-refractivity contribution in [1.29, 1.82) is 0 Å². The highest BCUT2D eigenvalue weighted by Crippen LogP contribution is 2.25. The van der Waals surface area contributed by atoms with Crippen LogP contribution in [0.3, 0.4) is 0 Å². The van der Waals surface area contributed by atoms with Gasteiger partial charge in [0.1, 0.15) is 5.82 Å². The maximum absolute atomic E-state index is 12.8. The van der Waals surface area contributed by atoms with Gasteiger partial charge < -0.3 is 5.32 Å². The Kier molecular flexibility index (Phi) is 2.60. The molecule has 1 N–H and O–H groups in total. The molecule has 1 rings (SSSR count). The summed E-state index contributed by atoms with van der Waals surface area (Å²) in [5, 5.41) is 1.85. The van der Waals surface area contributed by atoms with Crippen LogP contribution in [-0.4, -0.2) is 6.41 Å². The molecule has 0 saturated heterocycles. The second kappa shape index (κ2) is 3.49. The van der Waals surface area contributed by atoms with E-state index in [1.165, 1.54) is 0 Å². The molecular formula is C7H4ClF2NO. The van der Waals surface area contributed by atoms with Gasteiger partial charge >= 0.3 is 0 Å². The Morgan fingerprint density at radius 1 is 1.42 bits per heavy atom. The molecule has 0 bridgehead atoms. The lowest BCUT2D eigenvalue weighted by Gasteiger charge is -2.02. The fourth-order valence-electron chi connectivity index (χ4n) is 0.739. The van der Waals surface area contributed by atoms with Crippen LogP contribution in [0.5, 0.6) is 0 Å². The Morgan fingerprint density at radius 2 is 2.08 bits per heavy atom. The van der Waals surface area contributed by atoms with Gasteiger partial charge in [0.15, 0.2) is 5.82 Å². The average molecular weight is 192 g/mol. The van der Waals surface area contributed by atoms with E-state index in [0.717, 1.165) is 6.07 Å². The Balaban J connectivity index is 3.18. The van der Waals surface area contributed by atoms with Crippen molar-refractivity contribution in [2.45, 2.75) is 0 Å². The third kappa shape index (κ3) is 1.71. The number of nitrogens with one attached hydrogen (secondary N) is 1. The van der Waals surface area contributed by atoms with Crippen LogP contribution in [0, 0.1) is 11.6 Å². The summed E-state index contributed by atoms with van der Waals surface area (Å²) in [6.45, 7) is 0. The maximum Gasteiger partial charge on any atom is 0.211 e. The minimum atomic E-state index is -0.896. The quantitative estimate of drug-likeness (QED) is 0.714. The van der Waals surface area contributed by atoms with E-state index in [1.807, 2.05) is 5.32 Å². The van der Waals surface area contributed by atoms with Gasteiger partial charge in [-0.2, -0.15) is 0 Å². The second-order valence-electron chi connectivity index (χ2n) is 2.01. The smallest absolute Gasteiger partial charge is 0.211 e. The molecule has 0 aliphatic rings.